The summed E-state index contributed by atoms with van der Waals surface area (Å²) < 4.78 is 28.7. The number of para-hydroxylation sites is 2. The zero-order valence-corrected chi connectivity index (χ0v) is 22.4. The van der Waals surface area contributed by atoms with Crippen LogP contribution in [0.2, 0.25) is 0 Å². The molecular formula is C24H37FN3O9P. The molecule has 38 heavy (non-hydrogen) atoms. The fourth-order valence-electron chi connectivity index (χ4n) is 5.18. The Morgan fingerprint density at radius 1 is 1.00 bits per heavy atom. The van der Waals surface area contributed by atoms with Crippen molar-refractivity contribution >= 4 is 25.3 Å². The van der Waals surface area contributed by atoms with Gasteiger partial charge in [0.15, 0.2) is 0 Å². The number of fused-ring (bicyclic) bond motifs is 1. The van der Waals surface area contributed by atoms with E-state index in [2.05, 4.69) is 9.80 Å². The third kappa shape index (κ3) is 8.19. The minimum atomic E-state index is -4.64. The Labute approximate surface area is 220 Å². The number of alkyl halides is 1. The van der Waals surface area contributed by atoms with E-state index in [1.165, 1.54) is 0 Å². The summed E-state index contributed by atoms with van der Waals surface area (Å²) in [4.78, 5) is 52.3. The van der Waals surface area contributed by atoms with Gasteiger partial charge >= 0.3 is 7.82 Å². The van der Waals surface area contributed by atoms with E-state index in [1.54, 1.807) is 0 Å². The Morgan fingerprint density at radius 3 is 2.13 bits per heavy atom. The number of likely N-dealkylation sites (tertiary alicyclic amines) is 1. The molecule has 3 fully saturated rings. The zero-order chi connectivity index (χ0) is 28.2. The molecule has 2 heterocycles. The minimum absolute atomic E-state index is 0.0348. The first-order valence-corrected chi connectivity index (χ1v) is 14.2. The highest BCUT2D eigenvalue weighted by atomic mass is 31.2. The second-order valence-corrected chi connectivity index (χ2v) is 11.2. The van der Waals surface area contributed by atoms with Gasteiger partial charge in [0.05, 0.1) is 42.4 Å². The van der Waals surface area contributed by atoms with Crippen molar-refractivity contribution in [1.29, 1.82) is 0 Å². The van der Waals surface area contributed by atoms with Gasteiger partial charge in [-0.1, -0.05) is 12.1 Å². The predicted molar refractivity (Wildman–Crippen MR) is 135 cm³/mol. The average Bonchev–Trinajstić information content (AvgIpc) is 3.03. The number of phosphoric acid groups is 1. The summed E-state index contributed by atoms with van der Waals surface area (Å²) in [6, 6.07) is 7.96. The van der Waals surface area contributed by atoms with Crippen molar-refractivity contribution < 1.29 is 48.2 Å². The molecule has 4 rings (SSSR count). The van der Waals surface area contributed by atoms with Gasteiger partial charge in [0.1, 0.15) is 11.9 Å². The highest BCUT2D eigenvalue weighted by molar-refractivity contribution is 7.45. The summed E-state index contributed by atoms with van der Waals surface area (Å²) in [6.45, 7) is 7.25. The number of piperazine rings is 1. The molecule has 0 spiro atoms. The van der Waals surface area contributed by atoms with E-state index in [0.717, 1.165) is 42.5 Å². The van der Waals surface area contributed by atoms with Crippen LogP contribution in [0.25, 0.3) is 0 Å². The molecule has 3 aliphatic rings. The molecule has 14 heteroatoms. The van der Waals surface area contributed by atoms with Gasteiger partial charge in [0.2, 0.25) is 11.8 Å². The molecule has 0 aromatic heterocycles. The van der Waals surface area contributed by atoms with Gasteiger partial charge in [-0.25, -0.2) is 8.96 Å². The first-order chi connectivity index (χ1) is 17.7. The molecular weight excluding hydrogens is 524 g/mol. The number of benzene rings is 1. The van der Waals surface area contributed by atoms with E-state index in [0.29, 0.717) is 6.54 Å². The molecule has 2 aliphatic heterocycles. The van der Waals surface area contributed by atoms with Crippen molar-refractivity contribution in [3.05, 3.63) is 24.3 Å². The maximum atomic E-state index is 13.9. The zero-order valence-electron chi connectivity index (χ0n) is 21.5. The summed E-state index contributed by atoms with van der Waals surface area (Å²) >= 11 is 0. The number of halogens is 1. The lowest BCUT2D eigenvalue weighted by molar-refractivity contribution is -0.141. The number of amides is 2. The SMILES string of the molecule is CC(C)Oc1ccccc1N1CCN(CC(O)CN2C(=O)C3CC(O)C(F)CC3C2=O)CC1.O=P(O)(O)O. The number of hydrogen-bond acceptors (Lipinski definition) is 8. The van der Waals surface area contributed by atoms with Gasteiger partial charge in [-0.3, -0.25) is 19.4 Å². The molecule has 12 nitrogen and oxygen atoms in total. The van der Waals surface area contributed by atoms with Crippen LogP contribution < -0.4 is 9.64 Å². The smallest absolute Gasteiger partial charge is 0.466 e. The highest BCUT2D eigenvalue weighted by Gasteiger charge is 2.52. The predicted octanol–water partition coefficient (Wildman–Crippen LogP) is 0.122. The minimum Gasteiger partial charge on any atom is -0.489 e. The number of ether oxygens (including phenoxy) is 1. The standard InChI is InChI=1S/C24H34FN3O5.H3O4P/c1-15(2)33-22-6-4-3-5-20(22)27-9-7-26(8-10-27)13-16(29)14-28-23(31)17-11-19(25)21(30)12-18(17)24(28)32;1-5(2,3)4/h3-6,15-19,21,29-30H,7-14H2,1-2H3;(H3,1,2,3,4). The molecule has 5 N–H and O–H groups in total. The van der Waals surface area contributed by atoms with Gasteiger partial charge in [-0.2, -0.15) is 0 Å². The van der Waals surface area contributed by atoms with Gasteiger partial charge < -0.3 is 34.5 Å². The number of nitrogens with zero attached hydrogens (tertiary/aromatic N) is 3. The lowest BCUT2D eigenvalue weighted by atomic mass is 9.78. The molecule has 1 aromatic rings. The molecule has 2 amide bonds. The number of β-amino-alcohol motifs (C(OH)–C–C–N with tert-alkyl or cyclic N) is 1. The Morgan fingerprint density at radius 2 is 1.55 bits per heavy atom. The second-order valence-electron chi connectivity index (χ2n) is 10.1. The van der Waals surface area contributed by atoms with E-state index in [1.807, 2.05) is 38.1 Å². The normalized spacial score (nSPS) is 27.2. The van der Waals surface area contributed by atoms with Crippen LogP contribution in [0.4, 0.5) is 10.1 Å². The van der Waals surface area contributed by atoms with Crippen molar-refractivity contribution in [2.24, 2.45) is 11.8 Å². The Balaban J connectivity index is 0.000000732. The Bertz CT molecular complexity index is 981. The first-order valence-electron chi connectivity index (χ1n) is 12.6. The van der Waals surface area contributed by atoms with E-state index < -0.39 is 49.9 Å². The summed E-state index contributed by atoms with van der Waals surface area (Å²) in [5.41, 5.74) is 1.05. The van der Waals surface area contributed by atoms with Crippen LogP contribution in [0.15, 0.2) is 24.3 Å². The molecule has 1 saturated carbocycles. The van der Waals surface area contributed by atoms with Gasteiger partial charge in [-0.15, -0.1) is 0 Å². The molecule has 5 atom stereocenters. The monoisotopic (exact) mass is 561 g/mol. The number of aliphatic hydroxyl groups is 2. The maximum absolute atomic E-state index is 13.9. The van der Waals surface area contributed by atoms with Crippen LogP contribution in [0, 0.1) is 11.8 Å². The van der Waals surface area contributed by atoms with E-state index in [9.17, 15) is 24.2 Å². The van der Waals surface area contributed by atoms with Crippen molar-refractivity contribution in [2.45, 2.75) is 51.2 Å². The van der Waals surface area contributed by atoms with Crippen LogP contribution in [0.1, 0.15) is 26.7 Å². The molecule has 0 radical (unpaired) electrons. The second kappa shape index (κ2) is 12.8. The number of hydrogen-bond donors (Lipinski definition) is 5. The Hall–Kier alpha value is -2.12. The van der Waals surface area contributed by atoms with Crippen LogP contribution in [-0.2, 0) is 14.2 Å². The van der Waals surface area contributed by atoms with Crippen molar-refractivity contribution in [2.75, 3.05) is 44.2 Å². The molecule has 1 aliphatic carbocycles. The van der Waals surface area contributed by atoms with Crippen LogP contribution in [0.3, 0.4) is 0 Å². The van der Waals surface area contributed by atoms with Crippen LogP contribution in [-0.4, -0.2) is 110 Å². The average molecular weight is 562 g/mol. The summed E-state index contributed by atoms with van der Waals surface area (Å²) in [7, 11) is -4.64. The van der Waals surface area contributed by atoms with Gasteiger partial charge in [-0.05, 0) is 38.8 Å². The maximum Gasteiger partial charge on any atom is 0.466 e. The number of anilines is 1. The number of aliphatic hydroxyl groups excluding tert-OH is 2. The van der Waals surface area contributed by atoms with Crippen molar-refractivity contribution in [3.8, 4) is 5.75 Å². The van der Waals surface area contributed by atoms with E-state index >= 15 is 0 Å². The van der Waals surface area contributed by atoms with Gasteiger partial charge in [0, 0.05) is 32.7 Å². The molecule has 2 saturated heterocycles. The highest BCUT2D eigenvalue weighted by Crippen LogP contribution is 2.39. The molecule has 1 aromatic carbocycles. The number of rotatable bonds is 7. The van der Waals surface area contributed by atoms with E-state index in [-0.39, 0.29) is 25.5 Å². The summed E-state index contributed by atoms with van der Waals surface area (Å²) in [6.07, 6.45) is -3.66. The first kappa shape index (κ1) is 30.4. The topological polar surface area (TPSA) is 171 Å². The number of imide groups is 1. The summed E-state index contributed by atoms with van der Waals surface area (Å²) in [5, 5.41) is 20.4. The Kier molecular flexibility index (Phi) is 10.3. The van der Waals surface area contributed by atoms with Crippen molar-refractivity contribution in [1.82, 2.24) is 9.80 Å². The summed E-state index contributed by atoms with van der Waals surface area (Å²) in [5.74, 6) is -1.37. The molecule has 5 unspecified atom stereocenters. The third-order valence-corrected chi connectivity index (χ3v) is 6.85. The van der Waals surface area contributed by atoms with E-state index in [4.69, 9.17) is 24.0 Å². The van der Waals surface area contributed by atoms with Gasteiger partial charge in [0.25, 0.3) is 0 Å². The van der Waals surface area contributed by atoms with Crippen LogP contribution in [0.5, 0.6) is 5.75 Å². The van der Waals surface area contributed by atoms with Crippen LogP contribution >= 0.6 is 7.82 Å². The molecule has 0 bridgehead atoms. The fraction of sp³-hybridized carbons (Fsp3) is 0.667. The number of carbonyl (C=O) groups excluding carboxylic acids is 2. The number of carbonyl (C=O) groups is 2. The lowest BCUT2D eigenvalue weighted by Gasteiger charge is -2.37. The third-order valence-electron chi connectivity index (χ3n) is 6.85. The molecule has 214 valence electrons. The quantitative estimate of drug-likeness (QED) is 0.226. The lowest BCUT2D eigenvalue weighted by Crippen LogP contribution is -2.50. The van der Waals surface area contributed by atoms with Crippen molar-refractivity contribution in [3.63, 3.8) is 0 Å². The largest absolute Gasteiger partial charge is 0.489 e. The fourth-order valence-corrected chi connectivity index (χ4v) is 5.18.